The molecule has 1 aromatic heterocycles. The molecule has 1 atom stereocenters. The molecule has 0 saturated heterocycles. The molecule has 18 heavy (non-hydrogen) atoms. The van der Waals surface area contributed by atoms with E-state index in [9.17, 15) is 13.2 Å². The molecule has 1 aromatic rings. The lowest BCUT2D eigenvalue weighted by atomic mass is 10.1. The van der Waals surface area contributed by atoms with Crippen molar-refractivity contribution in [3.05, 3.63) is 12.4 Å². The van der Waals surface area contributed by atoms with Crippen molar-refractivity contribution < 1.29 is 17.9 Å². The fourth-order valence-corrected chi connectivity index (χ4v) is 2.55. The van der Waals surface area contributed by atoms with Gasteiger partial charge in [0.05, 0.1) is 13.3 Å². The molecular formula is C10H17N3O4S. The highest BCUT2D eigenvalue weighted by Gasteiger charge is 2.27. The lowest BCUT2D eigenvalue weighted by Crippen LogP contribution is -2.42. The number of H-pyrrole nitrogens is 1. The Kier molecular flexibility index (Phi) is 4.85. The number of hydrogen-bond acceptors (Lipinski definition) is 5. The highest BCUT2D eigenvalue weighted by Crippen LogP contribution is 2.11. The lowest BCUT2D eigenvalue weighted by molar-refractivity contribution is -0.143. The second kappa shape index (κ2) is 5.96. The Hall–Kier alpha value is -1.41. The van der Waals surface area contributed by atoms with Crippen LogP contribution in [-0.2, 0) is 19.6 Å². The van der Waals surface area contributed by atoms with Crippen LogP contribution in [0, 0.1) is 5.92 Å². The quantitative estimate of drug-likeness (QED) is 0.726. The van der Waals surface area contributed by atoms with Gasteiger partial charge in [-0.25, -0.2) is 8.42 Å². The summed E-state index contributed by atoms with van der Waals surface area (Å²) in [4.78, 5) is 11.5. The minimum Gasteiger partial charge on any atom is -0.468 e. The van der Waals surface area contributed by atoms with E-state index in [1.54, 1.807) is 0 Å². The molecule has 102 valence electrons. The standard InChI is InChI=1S/C10H17N3O4S/c1-7(2)4-9(10(14)17-3)13-18(15,16)8-5-11-12-6-8/h5-7,9,13H,4H2,1-3H3,(H,11,12). The Labute approximate surface area is 106 Å². The molecule has 2 N–H and O–H groups in total. The van der Waals surface area contributed by atoms with Gasteiger partial charge in [0, 0.05) is 6.20 Å². The van der Waals surface area contributed by atoms with Crippen LogP contribution in [0.1, 0.15) is 20.3 Å². The van der Waals surface area contributed by atoms with Gasteiger partial charge in [0.1, 0.15) is 10.9 Å². The van der Waals surface area contributed by atoms with Gasteiger partial charge < -0.3 is 4.74 Å². The number of methoxy groups -OCH3 is 1. The molecule has 0 amide bonds. The number of nitrogens with one attached hydrogen (secondary N) is 2. The fourth-order valence-electron chi connectivity index (χ4n) is 1.45. The van der Waals surface area contributed by atoms with Crippen LogP contribution in [0.2, 0.25) is 0 Å². The average Bonchev–Trinajstić information content (AvgIpc) is 2.80. The first-order chi connectivity index (χ1) is 8.36. The van der Waals surface area contributed by atoms with Gasteiger partial charge in [0.15, 0.2) is 0 Å². The minimum absolute atomic E-state index is 0.0137. The number of aromatic amines is 1. The summed E-state index contributed by atoms with van der Waals surface area (Å²) in [5, 5.41) is 5.97. The summed E-state index contributed by atoms with van der Waals surface area (Å²) >= 11 is 0. The van der Waals surface area contributed by atoms with Crippen LogP contribution in [0.3, 0.4) is 0 Å². The van der Waals surface area contributed by atoms with Gasteiger partial charge in [0.25, 0.3) is 0 Å². The first kappa shape index (κ1) is 14.7. The molecule has 0 aliphatic heterocycles. The zero-order chi connectivity index (χ0) is 13.8. The Morgan fingerprint density at radius 1 is 1.56 bits per heavy atom. The van der Waals surface area contributed by atoms with Gasteiger partial charge >= 0.3 is 5.97 Å². The summed E-state index contributed by atoms with van der Waals surface area (Å²) in [5.74, 6) is -0.447. The summed E-state index contributed by atoms with van der Waals surface area (Å²) in [6.07, 6.45) is 2.78. The van der Waals surface area contributed by atoms with Crippen molar-refractivity contribution in [2.24, 2.45) is 5.92 Å². The van der Waals surface area contributed by atoms with Crippen molar-refractivity contribution in [3.8, 4) is 0 Å². The normalized spacial score (nSPS) is 13.6. The van der Waals surface area contributed by atoms with Crippen LogP contribution in [-0.4, -0.2) is 37.7 Å². The summed E-state index contributed by atoms with van der Waals surface area (Å²) in [6, 6.07) is -0.894. The Balaban J connectivity index is 2.86. The van der Waals surface area contributed by atoms with Crippen molar-refractivity contribution in [1.82, 2.24) is 14.9 Å². The minimum atomic E-state index is -3.76. The molecule has 0 aliphatic carbocycles. The molecule has 0 aliphatic rings. The van der Waals surface area contributed by atoms with Gasteiger partial charge in [-0.2, -0.15) is 9.82 Å². The highest BCUT2D eigenvalue weighted by molar-refractivity contribution is 7.89. The SMILES string of the molecule is COC(=O)C(CC(C)C)NS(=O)(=O)c1cn[nH]c1. The van der Waals surface area contributed by atoms with Gasteiger partial charge in [0.2, 0.25) is 10.0 Å². The van der Waals surface area contributed by atoms with E-state index in [-0.39, 0.29) is 10.8 Å². The third-order valence-electron chi connectivity index (χ3n) is 2.27. The van der Waals surface area contributed by atoms with Crippen LogP contribution in [0.4, 0.5) is 0 Å². The Morgan fingerprint density at radius 3 is 2.67 bits per heavy atom. The maximum absolute atomic E-state index is 11.9. The van der Waals surface area contributed by atoms with Crippen molar-refractivity contribution in [2.45, 2.75) is 31.2 Å². The number of hydrogen-bond donors (Lipinski definition) is 2. The van der Waals surface area contributed by atoms with Crippen LogP contribution in [0.25, 0.3) is 0 Å². The van der Waals surface area contributed by atoms with Crippen molar-refractivity contribution in [3.63, 3.8) is 0 Å². The number of sulfonamides is 1. The molecule has 0 saturated carbocycles. The second-order valence-electron chi connectivity index (χ2n) is 4.26. The van der Waals surface area contributed by atoms with E-state index in [1.165, 1.54) is 19.5 Å². The molecule has 0 bridgehead atoms. The summed E-state index contributed by atoms with van der Waals surface area (Å²) < 4.78 is 30.8. The van der Waals surface area contributed by atoms with Crippen LogP contribution < -0.4 is 4.72 Å². The first-order valence-corrected chi connectivity index (χ1v) is 6.94. The molecule has 1 unspecified atom stereocenters. The van der Waals surface area contributed by atoms with Gasteiger partial charge in [-0.3, -0.25) is 9.89 Å². The van der Waals surface area contributed by atoms with E-state index in [1.807, 2.05) is 13.8 Å². The summed E-state index contributed by atoms with van der Waals surface area (Å²) in [7, 11) is -2.54. The predicted octanol–water partition coefficient (Wildman–Crippen LogP) is 0.276. The number of esters is 1. The molecule has 7 nitrogen and oxygen atoms in total. The highest BCUT2D eigenvalue weighted by atomic mass is 32.2. The first-order valence-electron chi connectivity index (χ1n) is 5.45. The van der Waals surface area contributed by atoms with Gasteiger partial charge in [-0.1, -0.05) is 13.8 Å². The lowest BCUT2D eigenvalue weighted by Gasteiger charge is -2.17. The molecule has 0 spiro atoms. The average molecular weight is 275 g/mol. The number of rotatable bonds is 6. The van der Waals surface area contributed by atoms with Crippen molar-refractivity contribution in [1.29, 1.82) is 0 Å². The third kappa shape index (κ3) is 3.81. The molecule has 8 heteroatoms. The second-order valence-corrected chi connectivity index (χ2v) is 5.97. The summed E-state index contributed by atoms with van der Waals surface area (Å²) in [6.45, 7) is 3.78. The van der Waals surface area contributed by atoms with Crippen LogP contribution >= 0.6 is 0 Å². The zero-order valence-corrected chi connectivity index (χ0v) is 11.3. The van der Waals surface area contributed by atoms with Gasteiger partial charge in [-0.05, 0) is 12.3 Å². The van der Waals surface area contributed by atoms with Gasteiger partial charge in [-0.15, -0.1) is 0 Å². The summed E-state index contributed by atoms with van der Waals surface area (Å²) in [5.41, 5.74) is 0. The largest absolute Gasteiger partial charge is 0.468 e. The molecule has 1 heterocycles. The Bertz CT molecular complexity index is 481. The molecular weight excluding hydrogens is 258 g/mol. The predicted molar refractivity (Wildman–Crippen MR) is 64.2 cm³/mol. The van der Waals surface area contributed by atoms with Crippen LogP contribution in [0.15, 0.2) is 17.3 Å². The monoisotopic (exact) mass is 275 g/mol. The van der Waals surface area contributed by atoms with E-state index in [0.717, 1.165) is 0 Å². The number of aromatic nitrogens is 2. The number of carbonyl (C=O) groups is 1. The number of nitrogens with zero attached hydrogens (tertiary/aromatic N) is 1. The van der Waals surface area contributed by atoms with E-state index in [2.05, 4.69) is 19.7 Å². The van der Waals surface area contributed by atoms with Crippen LogP contribution in [0.5, 0.6) is 0 Å². The van der Waals surface area contributed by atoms with E-state index in [4.69, 9.17) is 0 Å². The van der Waals surface area contributed by atoms with E-state index < -0.39 is 22.0 Å². The molecule has 0 aromatic carbocycles. The number of ether oxygens (including phenoxy) is 1. The smallest absolute Gasteiger partial charge is 0.323 e. The maximum Gasteiger partial charge on any atom is 0.323 e. The molecule has 1 rings (SSSR count). The van der Waals surface area contributed by atoms with E-state index >= 15 is 0 Å². The third-order valence-corrected chi connectivity index (χ3v) is 3.71. The molecule has 0 fully saturated rings. The fraction of sp³-hybridized carbons (Fsp3) is 0.600. The topological polar surface area (TPSA) is 101 Å². The number of carbonyl (C=O) groups excluding carboxylic acids is 1. The van der Waals surface area contributed by atoms with E-state index in [0.29, 0.717) is 6.42 Å². The van der Waals surface area contributed by atoms with Crippen molar-refractivity contribution in [2.75, 3.05) is 7.11 Å². The Morgan fingerprint density at radius 2 is 2.22 bits per heavy atom. The molecule has 0 radical (unpaired) electrons. The zero-order valence-electron chi connectivity index (χ0n) is 10.5. The van der Waals surface area contributed by atoms with Crippen molar-refractivity contribution >= 4 is 16.0 Å². The maximum atomic E-state index is 11.9.